The maximum atomic E-state index is 4.49. The van der Waals surface area contributed by atoms with Gasteiger partial charge in [-0.25, -0.2) is 0 Å². The van der Waals surface area contributed by atoms with Gasteiger partial charge in [0.05, 0.1) is 6.54 Å². The summed E-state index contributed by atoms with van der Waals surface area (Å²) in [7, 11) is 2.11. The molecule has 3 heteroatoms. The second-order valence-corrected chi connectivity index (χ2v) is 5.76. The maximum absolute atomic E-state index is 4.49. The Balaban J connectivity index is 1.40. The van der Waals surface area contributed by atoms with Crippen molar-refractivity contribution >= 4 is 5.96 Å². The summed E-state index contributed by atoms with van der Waals surface area (Å²) in [6.45, 7) is 3.09. The predicted molar refractivity (Wildman–Crippen MR) is 72.8 cm³/mol. The molecule has 1 N–H and O–H groups in total. The number of nitrogens with zero attached hydrogens (tertiary/aromatic N) is 2. The molecule has 0 spiro atoms. The summed E-state index contributed by atoms with van der Waals surface area (Å²) in [5.74, 6) is 3.63. The number of guanidine groups is 1. The number of hydrogen-bond acceptors (Lipinski definition) is 3. The molecule has 3 unspecified atom stereocenters. The first-order valence-corrected chi connectivity index (χ1v) is 6.92. The summed E-state index contributed by atoms with van der Waals surface area (Å²) >= 11 is 0. The van der Waals surface area contributed by atoms with Crippen LogP contribution in [-0.2, 0) is 6.42 Å². The largest absolute Gasteiger partial charge is 0.356 e. The maximum Gasteiger partial charge on any atom is 0.193 e. The molecule has 1 saturated carbocycles. The first-order chi connectivity index (χ1) is 8.84. The van der Waals surface area contributed by atoms with Crippen molar-refractivity contribution in [3.05, 3.63) is 35.4 Å². The topological polar surface area (TPSA) is 27.6 Å². The highest BCUT2D eigenvalue weighted by Crippen LogP contribution is 2.60. The van der Waals surface area contributed by atoms with Gasteiger partial charge in [0.25, 0.3) is 0 Å². The predicted octanol–water partition coefficient (Wildman–Crippen LogP) is 1.46. The van der Waals surface area contributed by atoms with Crippen molar-refractivity contribution in [2.45, 2.75) is 12.3 Å². The van der Waals surface area contributed by atoms with Crippen LogP contribution in [0, 0.1) is 11.8 Å². The molecule has 1 aliphatic heterocycles. The van der Waals surface area contributed by atoms with E-state index >= 15 is 0 Å². The highest BCUT2D eigenvalue weighted by atomic mass is 15.3. The number of rotatable bonds is 2. The molecule has 1 heterocycles. The van der Waals surface area contributed by atoms with Crippen LogP contribution in [-0.4, -0.2) is 37.5 Å². The molecule has 3 nitrogen and oxygen atoms in total. The number of hydrogen-bond donors (Lipinski definition) is 1. The third-order valence-electron chi connectivity index (χ3n) is 4.76. The van der Waals surface area contributed by atoms with Crippen molar-refractivity contribution in [3.8, 4) is 0 Å². The minimum Gasteiger partial charge on any atom is -0.356 e. The van der Waals surface area contributed by atoms with Gasteiger partial charge in [0, 0.05) is 20.1 Å². The Hall–Kier alpha value is -1.51. The molecule has 2 aliphatic carbocycles. The molecule has 1 aromatic carbocycles. The van der Waals surface area contributed by atoms with E-state index in [1.54, 1.807) is 11.1 Å². The second-order valence-electron chi connectivity index (χ2n) is 5.76. The molecule has 4 rings (SSSR count). The lowest BCUT2D eigenvalue weighted by Crippen LogP contribution is -2.37. The van der Waals surface area contributed by atoms with Gasteiger partial charge in [-0.2, -0.15) is 0 Å². The fourth-order valence-electron chi connectivity index (χ4n) is 3.69. The molecule has 1 fully saturated rings. The number of likely N-dealkylation sites (N-methyl/N-ethyl adjacent to an activating group) is 1. The van der Waals surface area contributed by atoms with E-state index < -0.39 is 0 Å². The lowest BCUT2D eigenvalue weighted by Gasteiger charge is -2.16. The smallest absolute Gasteiger partial charge is 0.193 e. The van der Waals surface area contributed by atoms with Crippen molar-refractivity contribution in [3.63, 3.8) is 0 Å². The zero-order valence-electron chi connectivity index (χ0n) is 10.8. The molecule has 3 atom stereocenters. The van der Waals surface area contributed by atoms with Gasteiger partial charge in [-0.3, -0.25) is 4.99 Å². The molecule has 0 bridgehead atoms. The van der Waals surface area contributed by atoms with Crippen molar-refractivity contribution < 1.29 is 0 Å². The molecular formula is C15H19N3. The minimum absolute atomic E-state index is 0.820. The van der Waals surface area contributed by atoms with Crippen LogP contribution in [0.3, 0.4) is 0 Å². The molecule has 3 aliphatic rings. The average Bonchev–Trinajstić information content (AvgIpc) is 2.73. The van der Waals surface area contributed by atoms with Crippen LogP contribution in [0.5, 0.6) is 0 Å². The highest BCUT2D eigenvalue weighted by molar-refractivity contribution is 5.81. The van der Waals surface area contributed by atoms with Crippen molar-refractivity contribution in [2.75, 3.05) is 26.7 Å². The number of fused-ring (bicyclic) bond motifs is 3. The molecule has 94 valence electrons. The van der Waals surface area contributed by atoms with Gasteiger partial charge >= 0.3 is 0 Å². The number of benzene rings is 1. The van der Waals surface area contributed by atoms with Crippen LogP contribution in [0.25, 0.3) is 0 Å². The van der Waals surface area contributed by atoms with Crippen LogP contribution in [0.2, 0.25) is 0 Å². The van der Waals surface area contributed by atoms with Crippen molar-refractivity contribution in [1.29, 1.82) is 0 Å². The van der Waals surface area contributed by atoms with E-state index in [4.69, 9.17) is 0 Å². The molecule has 1 aromatic rings. The lowest BCUT2D eigenvalue weighted by atomic mass is 10.0. The van der Waals surface area contributed by atoms with Crippen molar-refractivity contribution in [2.24, 2.45) is 16.8 Å². The summed E-state index contributed by atoms with van der Waals surface area (Å²) in [6.07, 6.45) is 1.29. The first-order valence-electron chi connectivity index (χ1n) is 6.92. The summed E-state index contributed by atoms with van der Waals surface area (Å²) in [5, 5.41) is 3.53. The summed E-state index contributed by atoms with van der Waals surface area (Å²) in [4.78, 5) is 6.70. The van der Waals surface area contributed by atoms with Crippen LogP contribution in [0.4, 0.5) is 0 Å². The van der Waals surface area contributed by atoms with Crippen molar-refractivity contribution in [1.82, 2.24) is 10.2 Å². The first kappa shape index (κ1) is 10.4. The van der Waals surface area contributed by atoms with E-state index in [0.29, 0.717) is 0 Å². The van der Waals surface area contributed by atoms with Crippen LogP contribution < -0.4 is 5.32 Å². The van der Waals surface area contributed by atoms with Gasteiger partial charge in [-0.1, -0.05) is 24.3 Å². The molecular weight excluding hydrogens is 222 g/mol. The zero-order chi connectivity index (χ0) is 12.1. The normalized spacial score (nSPS) is 31.9. The van der Waals surface area contributed by atoms with E-state index in [1.165, 1.54) is 6.42 Å². The lowest BCUT2D eigenvalue weighted by molar-refractivity contribution is 0.526. The molecule has 0 aromatic heterocycles. The molecule has 18 heavy (non-hydrogen) atoms. The van der Waals surface area contributed by atoms with Gasteiger partial charge in [0.2, 0.25) is 0 Å². The third-order valence-corrected chi connectivity index (χ3v) is 4.76. The Labute approximate surface area is 108 Å². The standard InChI is InChI=1S/C15H19N3/c1-18-7-6-16-15(18)17-9-13-12-8-10-4-2-3-5-11(10)14(12)13/h2-5,12-14H,6-9H2,1H3,(H,16,17). The van der Waals surface area contributed by atoms with Gasteiger partial charge in [-0.05, 0) is 35.3 Å². The minimum atomic E-state index is 0.820. The molecule has 0 saturated heterocycles. The molecule has 0 amide bonds. The monoisotopic (exact) mass is 241 g/mol. The van der Waals surface area contributed by atoms with E-state index in [1.807, 2.05) is 0 Å². The molecule has 0 radical (unpaired) electrons. The summed E-state index contributed by atoms with van der Waals surface area (Å²) < 4.78 is 0. The third kappa shape index (κ3) is 1.46. The van der Waals surface area contributed by atoms with E-state index in [2.05, 4.69) is 46.5 Å². The van der Waals surface area contributed by atoms with Crippen LogP contribution >= 0.6 is 0 Å². The van der Waals surface area contributed by atoms with Gasteiger partial charge in [0.1, 0.15) is 0 Å². The highest BCUT2D eigenvalue weighted by Gasteiger charge is 2.54. The quantitative estimate of drug-likeness (QED) is 0.849. The average molecular weight is 241 g/mol. The Bertz CT molecular complexity index is 508. The summed E-state index contributed by atoms with van der Waals surface area (Å²) in [6, 6.07) is 8.96. The second kappa shape index (κ2) is 3.74. The Morgan fingerprint density at radius 3 is 3.11 bits per heavy atom. The summed E-state index contributed by atoms with van der Waals surface area (Å²) in [5.41, 5.74) is 3.19. The van der Waals surface area contributed by atoms with E-state index in [-0.39, 0.29) is 0 Å². The SMILES string of the molecule is CN1CCN=C1NCC1C2Cc3ccccc3C12. The van der Waals surface area contributed by atoms with Crippen LogP contribution in [0.1, 0.15) is 17.0 Å². The van der Waals surface area contributed by atoms with Gasteiger partial charge in [-0.15, -0.1) is 0 Å². The Morgan fingerprint density at radius 1 is 1.39 bits per heavy atom. The number of nitrogens with one attached hydrogen (secondary N) is 1. The van der Waals surface area contributed by atoms with Crippen LogP contribution in [0.15, 0.2) is 29.3 Å². The fraction of sp³-hybridized carbons (Fsp3) is 0.533. The van der Waals surface area contributed by atoms with E-state index in [0.717, 1.165) is 43.3 Å². The van der Waals surface area contributed by atoms with Gasteiger partial charge in [0.15, 0.2) is 5.96 Å². The number of aliphatic imine (C=N–C) groups is 1. The fourth-order valence-corrected chi connectivity index (χ4v) is 3.69. The Morgan fingerprint density at radius 2 is 2.28 bits per heavy atom. The zero-order valence-corrected chi connectivity index (χ0v) is 10.8. The van der Waals surface area contributed by atoms with Gasteiger partial charge < -0.3 is 10.2 Å². The Kier molecular flexibility index (Phi) is 2.16. The van der Waals surface area contributed by atoms with E-state index in [9.17, 15) is 0 Å².